The number of carbonyl (C=O) groups is 3. The molecule has 0 spiro atoms. The minimum Gasteiger partial charge on any atom is -0.478 e. The summed E-state index contributed by atoms with van der Waals surface area (Å²) in [5.74, 6) is -2.08. The van der Waals surface area contributed by atoms with E-state index in [1.54, 1.807) is 42.5 Å². The van der Waals surface area contributed by atoms with E-state index in [4.69, 9.17) is 5.11 Å². The smallest absolute Gasteiger partial charge is 0.335 e. The van der Waals surface area contributed by atoms with Crippen LogP contribution in [-0.2, 0) is 9.59 Å². The van der Waals surface area contributed by atoms with Crippen molar-refractivity contribution < 1.29 is 19.5 Å². The Morgan fingerprint density at radius 2 is 1.78 bits per heavy atom. The lowest BCUT2D eigenvalue weighted by molar-refractivity contribution is -0.117. The molecule has 0 saturated carbocycles. The van der Waals surface area contributed by atoms with Gasteiger partial charge in [0.2, 0.25) is 0 Å². The minimum atomic E-state index is -1.07. The molecular formula is C17H12N2O4. The molecule has 2 aromatic rings. The van der Waals surface area contributed by atoms with Gasteiger partial charge in [-0.25, -0.2) is 9.80 Å². The Morgan fingerprint density at radius 3 is 2.48 bits per heavy atom. The van der Waals surface area contributed by atoms with Gasteiger partial charge in [0.15, 0.2) is 0 Å². The molecule has 3 rings (SSSR count). The maximum Gasteiger partial charge on any atom is 0.335 e. The predicted molar refractivity (Wildman–Crippen MR) is 83.4 cm³/mol. The van der Waals surface area contributed by atoms with Crippen LogP contribution in [0.5, 0.6) is 0 Å². The second-order valence-electron chi connectivity index (χ2n) is 4.91. The minimum absolute atomic E-state index is 0.0450. The van der Waals surface area contributed by atoms with Crippen LogP contribution in [0.1, 0.15) is 15.9 Å². The van der Waals surface area contributed by atoms with Gasteiger partial charge < -0.3 is 5.11 Å². The van der Waals surface area contributed by atoms with E-state index in [1.807, 2.05) is 0 Å². The third kappa shape index (κ3) is 2.82. The molecule has 1 heterocycles. The SMILES string of the molecule is O=C1NN(c2ccccc2)C(=O)/C1=C/c1cccc(C(=O)O)c1. The first-order valence-electron chi connectivity index (χ1n) is 6.82. The number of rotatable bonds is 3. The topological polar surface area (TPSA) is 86.7 Å². The maximum absolute atomic E-state index is 12.4. The lowest BCUT2D eigenvalue weighted by Crippen LogP contribution is -2.35. The Kier molecular flexibility index (Phi) is 3.64. The quantitative estimate of drug-likeness (QED) is 0.669. The van der Waals surface area contributed by atoms with Crippen LogP contribution >= 0.6 is 0 Å². The van der Waals surface area contributed by atoms with Crippen molar-refractivity contribution in [2.24, 2.45) is 0 Å². The van der Waals surface area contributed by atoms with Gasteiger partial charge in [-0.1, -0.05) is 30.3 Å². The summed E-state index contributed by atoms with van der Waals surface area (Å²) < 4.78 is 0. The molecule has 0 unspecified atom stereocenters. The highest BCUT2D eigenvalue weighted by Crippen LogP contribution is 2.21. The number of carbonyl (C=O) groups excluding carboxylic acids is 2. The highest BCUT2D eigenvalue weighted by Gasteiger charge is 2.34. The fourth-order valence-electron chi connectivity index (χ4n) is 2.24. The van der Waals surface area contributed by atoms with Crippen molar-refractivity contribution in [3.8, 4) is 0 Å². The number of hydrazine groups is 1. The number of nitrogens with zero attached hydrogens (tertiary/aromatic N) is 1. The van der Waals surface area contributed by atoms with Gasteiger partial charge in [0.1, 0.15) is 5.57 Å². The summed E-state index contributed by atoms with van der Waals surface area (Å²) >= 11 is 0. The van der Waals surface area contributed by atoms with Crippen molar-refractivity contribution in [2.75, 3.05) is 5.01 Å². The molecule has 1 fully saturated rings. The van der Waals surface area contributed by atoms with E-state index in [0.29, 0.717) is 11.3 Å². The zero-order valence-electron chi connectivity index (χ0n) is 11.9. The van der Waals surface area contributed by atoms with E-state index in [1.165, 1.54) is 18.2 Å². The normalized spacial score (nSPS) is 15.8. The van der Waals surface area contributed by atoms with E-state index in [-0.39, 0.29) is 11.1 Å². The van der Waals surface area contributed by atoms with Crippen LogP contribution in [0.25, 0.3) is 6.08 Å². The first-order valence-corrected chi connectivity index (χ1v) is 6.82. The highest BCUT2D eigenvalue weighted by atomic mass is 16.4. The van der Waals surface area contributed by atoms with Crippen LogP contribution < -0.4 is 10.4 Å². The molecule has 2 N–H and O–H groups in total. The highest BCUT2D eigenvalue weighted by molar-refractivity contribution is 6.31. The molecule has 6 nitrogen and oxygen atoms in total. The molecule has 114 valence electrons. The number of nitrogens with one attached hydrogen (secondary N) is 1. The molecular weight excluding hydrogens is 296 g/mol. The molecule has 2 amide bonds. The predicted octanol–water partition coefficient (Wildman–Crippen LogP) is 1.85. The largest absolute Gasteiger partial charge is 0.478 e. The fourth-order valence-corrected chi connectivity index (χ4v) is 2.24. The monoisotopic (exact) mass is 308 g/mol. The number of amides is 2. The van der Waals surface area contributed by atoms with Crippen LogP contribution in [0.4, 0.5) is 5.69 Å². The second-order valence-corrected chi connectivity index (χ2v) is 4.91. The summed E-state index contributed by atoms with van der Waals surface area (Å²) in [6, 6.07) is 14.8. The number of carboxylic acids is 1. The van der Waals surface area contributed by atoms with E-state index in [2.05, 4.69) is 5.43 Å². The lowest BCUT2D eigenvalue weighted by atomic mass is 10.1. The Morgan fingerprint density at radius 1 is 1.04 bits per heavy atom. The molecule has 2 aromatic carbocycles. The van der Waals surface area contributed by atoms with Crippen LogP contribution in [0.15, 0.2) is 60.2 Å². The average molecular weight is 308 g/mol. The molecule has 1 saturated heterocycles. The number of carboxylic acid groups (broad SMARTS) is 1. The maximum atomic E-state index is 12.4. The van der Waals surface area contributed by atoms with Crippen molar-refractivity contribution in [3.63, 3.8) is 0 Å². The number of aromatic carboxylic acids is 1. The van der Waals surface area contributed by atoms with Crippen molar-refractivity contribution in [3.05, 3.63) is 71.3 Å². The molecule has 23 heavy (non-hydrogen) atoms. The van der Waals surface area contributed by atoms with Crippen molar-refractivity contribution in [1.29, 1.82) is 0 Å². The van der Waals surface area contributed by atoms with Gasteiger partial charge in [0.25, 0.3) is 11.8 Å². The number of hydrogen-bond donors (Lipinski definition) is 2. The van der Waals surface area contributed by atoms with E-state index < -0.39 is 17.8 Å². The van der Waals surface area contributed by atoms with Crippen LogP contribution in [0.3, 0.4) is 0 Å². The Hall–Kier alpha value is -3.41. The third-order valence-electron chi connectivity index (χ3n) is 3.35. The van der Waals surface area contributed by atoms with Gasteiger partial charge in [0, 0.05) is 0 Å². The Bertz CT molecular complexity index is 827. The summed E-state index contributed by atoms with van der Waals surface area (Å²) in [4.78, 5) is 35.4. The first-order chi connectivity index (χ1) is 11.1. The standard InChI is InChI=1S/C17H12N2O4/c20-15-14(10-11-5-4-6-12(9-11)17(22)23)16(21)19(18-15)13-7-2-1-3-8-13/h1-10H,(H,18,20)(H,22,23)/b14-10+. The van der Waals surface area contributed by atoms with E-state index in [0.717, 1.165) is 5.01 Å². The number of benzene rings is 2. The molecule has 0 bridgehead atoms. The van der Waals surface area contributed by atoms with Gasteiger partial charge in [-0.15, -0.1) is 0 Å². The van der Waals surface area contributed by atoms with Crippen LogP contribution in [0.2, 0.25) is 0 Å². The van der Waals surface area contributed by atoms with Crippen molar-refractivity contribution in [2.45, 2.75) is 0 Å². The van der Waals surface area contributed by atoms with Crippen LogP contribution in [0, 0.1) is 0 Å². The second kappa shape index (κ2) is 5.76. The molecule has 0 radical (unpaired) electrons. The summed E-state index contributed by atoms with van der Waals surface area (Å²) in [5, 5.41) is 10.2. The van der Waals surface area contributed by atoms with Gasteiger partial charge in [0.05, 0.1) is 11.3 Å². The zero-order chi connectivity index (χ0) is 16.4. The Balaban J connectivity index is 1.94. The fraction of sp³-hybridized carbons (Fsp3) is 0. The molecule has 0 atom stereocenters. The summed E-state index contributed by atoms with van der Waals surface area (Å²) in [6.07, 6.45) is 1.38. The molecule has 0 aliphatic carbocycles. The number of para-hydroxylation sites is 1. The van der Waals surface area contributed by atoms with Crippen molar-refractivity contribution in [1.82, 2.24) is 5.43 Å². The van der Waals surface area contributed by atoms with Crippen molar-refractivity contribution >= 4 is 29.5 Å². The van der Waals surface area contributed by atoms with Gasteiger partial charge in [-0.3, -0.25) is 15.0 Å². The van der Waals surface area contributed by atoms with Gasteiger partial charge >= 0.3 is 5.97 Å². The number of anilines is 1. The third-order valence-corrected chi connectivity index (χ3v) is 3.35. The van der Waals surface area contributed by atoms with Crippen LogP contribution in [-0.4, -0.2) is 22.9 Å². The zero-order valence-corrected chi connectivity index (χ0v) is 11.9. The Labute approximate surface area is 131 Å². The van der Waals surface area contributed by atoms with E-state index in [9.17, 15) is 14.4 Å². The lowest BCUT2D eigenvalue weighted by Gasteiger charge is -2.13. The molecule has 0 aromatic heterocycles. The first kappa shape index (κ1) is 14.5. The van der Waals surface area contributed by atoms with Gasteiger partial charge in [-0.05, 0) is 35.9 Å². The van der Waals surface area contributed by atoms with E-state index >= 15 is 0 Å². The average Bonchev–Trinajstić information content (AvgIpc) is 2.84. The summed E-state index contributed by atoms with van der Waals surface area (Å²) in [7, 11) is 0. The summed E-state index contributed by atoms with van der Waals surface area (Å²) in [5.41, 5.74) is 3.55. The molecule has 1 aliphatic heterocycles. The summed E-state index contributed by atoms with van der Waals surface area (Å²) in [6.45, 7) is 0. The molecule has 1 aliphatic rings. The molecule has 6 heteroatoms. The van der Waals surface area contributed by atoms with Gasteiger partial charge in [-0.2, -0.15) is 0 Å². The number of hydrogen-bond acceptors (Lipinski definition) is 3.